The largest absolute Gasteiger partial charge is 0.422 e. The van der Waals surface area contributed by atoms with Gasteiger partial charge in [-0.3, -0.25) is 0 Å². The Balaban J connectivity index is 1.85. The number of hydrogen-bond donors (Lipinski definition) is 0. The quantitative estimate of drug-likeness (QED) is 0.308. The van der Waals surface area contributed by atoms with Gasteiger partial charge < -0.3 is 4.42 Å². The second kappa shape index (κ2) is 6.59. The molecule has 5 heteroatoms. The Morgan fingerprint density at radius 1 is 1.00 bits per heavy atom. The van der Waals surface area contributed by atoms with Crippen LogP contribution < -0.4 is 5.63 Å². The Hall–Kier alpha value is -2.95. The second-order valence-electron chi connectivity index (χ2n) is 6.57. The fraction of sp³-hybridized carbons (Fsp3) is 0.0435. The van der Waals surface area contributed by atoms with Crippen molar-refractivity contribution < 1.29 is 4.42 Å². The molecule has 5 rings (SSSR count). The summed E-state index contributed by atoms with van der Waals surface area (Å²) in [5.41, 5.74) is 4.25. The van der Waals surface area contributed by atoms with Crippen LogP contribution in [0.5, 0.6) is 0 Å². The zero-order valence-electron chi connectivity index (χ0n) is 14.9. The summed E-state index contributed by atoms with van der Waals surface area (Å²) >= 11 is 7.79. The molecular weight excluding hydrogens is 390 g/mol. The normalized spacial score (nSPS) is 11.4. The highest BCUT2D eigenvalue weighted by atomic mass is 35.5. The molecule has 0 aliphatic heterocycles. The van der Waals surface area contributed by atoms with Gasteiger partial charge in [-0.2, -0.15) is 0 Å². The number of para-hydroxylation sites is 2. The molecule has 0 N–H and O–H groups in total. The molecule has 0 aliphatic carbocycles. The van der Waals surface area contributed by atoms with Gasteiger partial charge in [0.2, 0.25) is 0 Å². The molecule has 0 bridgehead atoms. The lowest BCUT2D eigenvalue weighted by molar-refractivity contribution is 0.556. The molecule has 0 radical (unpaired) electrons. The number of benzene rings is 3. The maximum absolute atomic E-state index is 12.7. The van der Waals surface area contributed by atoms with E-state index in [9.17, 15) is 4.79 Å². The average Bonchev–Trinajstić information content (AvgIpc) is 3.12. The van der Waals surface area contributed by atoms with Gasteiger partial charge in [0.05, 0.1) is 15.8 Å². The molecule has 0 amide bonds. The van der Waals surface area contributed by atoms with Crippen LogP contribution >= 0.6 is 22.9 Å². The number of aromatic nitrogens is 1. The summed E-state index contributed by atoms with van der Waals surface area (Å²) in [7, 11) is 0. The summed E-state index contributed by atoms with van der Waals surface area (Å²) in [5.74, 6) is 0. The number of hydrogen-bond acceptors (Lipinski definition) is 4. The highest BCUT2D eigenvalue weighted by Crippen LogP contribution is 2.38. The van der Waals surface area contributed by atoms with Crippen molar-refractivity contribution in [2.75, 3.05) is 0 Å². The van der Waals surface area contributed by atoms with Gasteiger partial charge in [0, 0.05) is 21.5 Å². The van der Waals surface area contributed by atoms with E-state index in [1.165, 1.54) is 0 Å². The Morgan fingerprint density at radius 2 is 1.82 bits per heavy atom. The average molecular weight is 404 g/mol. The molecular formula is C23H14ClNO2S. The molecule has 0 saturated carbocycles. The van der Waals surface area contributed by atoms with E-state index in [2.05, 4.69) is 0 Å². The van der Waals surface area contributed by atoms with E-state index in [0.717, 1.165) is 37.3 Å². The van der Waals surface area contributed by atoms with E-state index in [1.54, 1.807) is 18.3 Å². The molecule has 0 spiro atoms. The maximum atomic E-state index is 12.7. The van der Waals surface area contributed by atoms with Crippen LogP contribution in [0.25, 0.3) is 42.9 Å². The minimum atomic E-state index is -0.351. The van der Waals surface area contributed by atoms with Crippen LogP contribution in [0.2, 0.25) is 5.02 Å². The van der Waals surface area contributed by atoms with Crippen LogP contribution in [0.15, 0.2) is 75.9 Å². The SMILES string of the molecule is Cc1c(-c2cccc(Cl)c2)c2cccc(-c3nc4ccccc4s3)c2oc1=O. The van der Waals surface area contributed by atoms with Gasteiger partial charge in [0.1, 0.15) is 10.6 Å². The van der Waals surface area contributed by atoms with Gasteiger partial charge in [0.15, 0.2) is 0 Å². The summed E-state index contributed by atoms with van der Waals surface area (Å²) in [4.78, 5) is 17.4. The van der Waals surface area contributed by atoms with E-state index in [4.69, 9.17) is 21.0 Å². The van der Waals surface area contributed by atoms with Crippen molar-refractivity contribution in [3.8, 4) is 21.7 Å². The van der Waals surface area contributed by atoms with Crippen molar-refractivity contribution in [2.45, 2.75) is 6.92 Å². The maximum Gasteiger partial charge on any atom is 0.339 e. The molecule has 0 fully saturated rings. The van der Waals surface area contributed by atoms with Gasteiger partial charge in [-0.15, -0.1) is 11.3 Å². The number of nitrogens with zero attached hydrogens (tertiary/aromatic N) is 1. The van der Waals surface area contributed by atoms with Crippen molar-refractivity contribution in [3.63, 3.8) is 0 Å². The van der Waals surface area contributed by atoms with Crippen molar-refractivity contribution >= 4 is 44.1 Å². The Morgan fingerprint density at radius 3 is 2.64 bits per heavy atom. The molecule has 28 heavy (non-hydrogen) atoms. The fourth-order valence-corrected chi connectivity index (χ4v) is 4.67. The first-order valence-electron chi connectivity index (χ1n) is 8.80. The molecule has 3 nitrogen and oxygen atoms in total. The lowest BCUT2D eigenvalue weighted by atomic mass is 9.96. The summed E-state index contributed by atoms with van der Waals surface area (Å²) in [5, 5.41) is 2.33. The molecule has 0 aliphatic rings. The third-order valence-electron chi connectivity index (χ3n) is 4.80. The first-order chi connectivity index (χ1) is 13.6. The summed E-state index contributed by atoms with van der Waals surface area (Å²) < 4.78 is 6.84. The summed E-state index contributed by atoms with van der Waals surface area (Å²) in [6.07, 6.45) is 0. The van der Waals surface area contributed by atoms with Crippen molar-refractivity contribution in [1.29, 1.82) is 0 Å². The molecule has 5 aromatic rings. The monoisotopic (exact) mass is 403 g/mol. The highest BCUT2D eigenvalue weighted by Gasteiger charge is 2.18. The zero-order valence-corrected chi connectivity index (χ0v) is 16.5. The summed E-state index contributed by atoms with van der Waals surface area (Å²) in [6, 6.07) is 21.4. The molecule has 0 unspecified atom stereocenters. The first kappa shape index (κ1) is 17.2. The van der Waals surface area contributed by atoms with Gasteiger partial charge >= 0.3 is 5.63 Å². The van der Waals surface area contributed by atoms with Crippen LogP contribution in [0.3, 0.4) is 0 Å². The zero-order chi connectivity index (χ0) is 19.3. The van der Waals surface area contributed by atoms with Crippen molar-refractivity contribution in [2.24, 2.45) is 0 Å². The van der Waals surface area contributed by atoms with Crippen LogP contribution in [0, 0.1) is 6.92 Å². The van der Waals surface area contributed by atoms with Gasteiger partial charge in [0.25, 0.3) is 0 Å². The van der Waals surface area contributed by atoms with E-state index in [-0.39, 0.29) is 5.63 Å². The third kappa shape index (κ3) is 2.73. The van der Waals surface area contributed by atoms with Gasteiger partial charge in [-0.25, -0.2) is 9.78 Å². The van der Waals surface area contributed by atoms with E-state index < -0.39 is 0 Å². The Kier molecular flexibility index (Phi) is 4.04. The lowest BCUT2D eigenvalue weighted by Crippen LogP contribution is -2.06. The molecule has 0 atom stereocenters. The topological polar surface area (TPSA) is 43.1 Å². The molecule has 2 aromatic heterocycles. The van der Waals surface area contributed by atoms with Crippen LogP contribution in [-0.4, -0.2) is 4.98 Å². The van der Waals surface area contributed by atoms with Crippen molar-refractivity contribution in [1.82, 2.24) is 4.98 Å². The minimum Gasteiger partial charge on any atom is -0.422 e. The lowest BCUT2D eigenvalue weighted by Gasteiger charge is -2.11. The molecule has 0 saturated heterocycles. The van der Waals surface area contributed by atoms with E-state index in [0.29, 0.717) is 16.2 Å². The number of halogens is 1. The summed E-state index contributed by atoms with van der Waals surface area (Å²) in [6.45, 7) is 1.78. The predicted molar refractivity (Wildman–Crippen MR) is 116 cm³/mol. The van der Waals surface area contributed by atoms with Gasteiger partial charge in [-0.1, -0.05) is 48.0 Å². The number of rotatable bonds is 2. The second-order valence-corrected chi connectivity index (χ2v) is 8.04. The van der Waals surface area contributed by atoms with E-state index in [1.807, 2.05) is 66.7 Å². The fourth-order valence-electron chi connectivity index (χ4n) is 3.49. The molecule has 2 heterocycles. The number of fused-ring (bicyclic) bond motifs is 2. The predicted octanol–water partition coefficient (Wildman–Crippen LogP) is 6.70. The number of thiazole rings is 1. The van der Waals surface area contributed by atoms with Crippen LogP contribution in [-0.2, 0) is 0 Å². The van der Waals surface area contributed by atoms with Crippen LogP contribution in [0.4, 0.5) is 0 Å². The van der Waals surface area contributed by atoms with E-state index >= 15 is 0 Å². The molecule has 136 valence electrons. The third-order valence-corrected chi connectivity index (χ3v) is 6.10. The highest BCUT2D eigenvalue weighted by molar-refractivity contribution is 7.21. The first-order valence-corrected chi connectivity index (χ1v) is 9.99. The smallest absolute Gasteiger partial charge is 0.339 e. The minimum absolute atomic E-state index is 0.351. The molecule has 3 aromatic carbocycles. The standard InChI is InChI=1S/C23H14ClNO2S/c1-13-20(14-6-4-7-15(24)12-14)16-8-5-9-17(21(16)27-23(13)26)22-25-18-10-2-3-11-19(18)28-22/h2-12H,1H3. The Bertz CT molecular complexity index is 1380. The van der Waals surface area contributed by atoms with Crippen molar-refractivity contribution in [3.05, 3.63) is 87.7 Å². The van der Waals surface area contributed by atoms with Crippen LogP contribution in [0.1, 0.15) is 5.56 Å². The Labute approximate surface area is 169 Å². The van der Waals surface area contributed by atoms with Gasteiger partial charge in [-0.05, 0) is 42.8 Å².